The summed E-state index contributed by atoms with van der Waals surface area (Å²) in [4.78, 5) is 22.5. The third-order valence-electron chi connectivity index (χ3n) is 2.10. The zero-order valence-corrected chi connectivity index (χ0v) is 12.3. The first kappa shape index (κ1) is 15.0. The van der Waals surface area contributed by atoms with Crippen molar-refractivity contribution in [2.75, 3.05) is 6.54 Å². The van der Waals surface area contributed by atoms with Crippen molar-refractivity contribution in [1.82, 2.24) is 5.32 Å². The van der Waals surface area contributed by atoms with E-state index in [1.54, 1.807) is 25.1 Å². The maximum Gasteiger partial charge on any atom is 0.339 e. The second-order valence-corrected chi connectivity index (χ2v) is 5.10. The molecule has 18 heavy (non-hydrogen) atoms. The number of nitrogens with one attached hydrogen (secondary N) is 1. The number of rotatable bonds is 4. The van der Waals surface area contributed by atoms with Crippen molar-refractivity contribution in [2.45, 2.75) is 20.0 Å². The van der Waals surface area contributed by atoms with Crippen LogP contribution in [0.3, 0.4) is 0 Å². The van der Waals surface area contributed by atoms with E-state index in [4.69, 9.17) is 16.3 Å². The van der Waals surface area contributed by atoms with Gasteiger partial charge in [-0.15, -0.1) is 0 Å². The summed E-state index contributed by atoms with van der Waals surface area (Å²) in [5.41, 5.74) is 0.301. The van der Waals surface area contributed by atoms with Gasteiger partial charge in [-0.05, 0) is 25.1 Å². The van der Waals surface area contributed by atoms with Gasteiger partial charge in [0, 0.05) is 11.4 Å². The Morgan fingerprint density at radius 1 is 1.50 bits per heavy atom. The number of ether oxygens (including phenoxy) is 1. The number of hydrogen-bond acceptors (Lipinski definition) is 3. The number of hydrogen-bond donors (Lipinski definition) is 1. The summed E-state index contributed by atoms with van der Waals surface area (Å²) in [6.07, 6.45) is -0.416. The van der Waals surface area contributed by atoms with Crippen LogP contribution in [-0.4, -0.2) is 24.5 Å². The van der Waals surface area contributed by atoms with E-state index < -0.39 is 12.1 Å². The minimum atomic E-state index is -0.509. The molecule has 0 saturated carbocycles. The van der Waals surface area contributed by atoms with E-state index in [-0.39, 0.29) is 12.5 Å². The Labute approximate surface area is 119 Å². The number of benzene rings is 1. The molecule has 1 aromatic rings. The van der Waals surface area contributed by atoms with Crippen molar-refractivity contribution in [3.8, 4) is 0 Å². The van der Waals surface area contributed by atoms with E-state index in [0.717, 1.165) is 4.47 Å². The Morgan fingerprint density at radius 2 is 2.17 bits per heavy atom. The summed E-state index contributed by atoms with van der Waals surface area (Å²) in [6.45, 7) is 3.37. The van der Waals surface area contributed by atoms with Crippen LogP contribution >= 0.6 is 27.5 Å². The van der Waals surface area contributed by atoms with Gasteiger partial charge >= 0.3 is 5.97 Å². The van der Waals surface area contributed by atoms with E-state index in [0.29, 0.717) is 10.6 Å². The fourth-order valence-corrected chi connectivity index (χ4v) is 1.98. The first-order valence-corrected chi connectivity index (χ1v) is 6.47. The van der Waals surface area contributed by atoms with Gasteiger partial charge in [-0.25, -0.2) is 4.79 Å². The van der Waals surface area contributed by atoms with E-state index in [2.05, 4.69) is 21.2 Å². The van der Waals surface area contributed by atoms with Crippen LogP contribution in [0.15, 0.2) is 22.7 Å². The summed E-state index contributed by atoms with van der Waals surface area (Å²) < 4.78 is 5.94. The molecule has 0 unspecified atom stereocenters. The molecule has 0 spiro atoms. The molecule has 0 aliphatic carbocycles. The molecule has 0 radical (unpaired) electrons. The molecule has 1 amide bonds. The molecule has 1 rings (SSSR count). The van der Waals surface area contributed by atoms with Gasteiger partial charge in [-0.3, -0.25) is 4.79 Å². The smallest absolute Gasteiger partial charge is 0.339 e. The summed E-state index contributed by atoms with van der Waals surface area (Å²) >= 11 is 9.19. The summed E-state index contributed by atoms with van der Waals surface area (Å²) in [6, 6.07) is 4.91. The minimum Gasteiger partial charge on any atom is -0.457 e. The zero-order chi connectivity index (χ0) is 13.7. The summed E-state index contributed by atoms with van der Waals surface area (Å²) in [5, 5.41) is 2.89. The lowest BCUT2D eigenvalue weighted by Gasteiger charge is -2.14. The van der Waals surface area contributed by atoms with Crippen LogP contribution in [-0.2, 0) is 9.53 Å². The van der Waals surface area contributed by atoms with Gasteiger partial charge in [-0.1, -0.05) is 27.5 Å². The molecule has 98 valence electrons. The normalized spacial score (nSPS) is 11.8. The number of amides is 1. The molecule has 0 bridgehead atoms. The van der Waals surface area contributed by atoms with Crippen LogP contribution in [0.1, 0.15) is 24.2 Å². The molecule has 0 heterocycles. The van der Waals surface area contributed by atoms with Crippen LogP contribution in [0.5, 0.6) is 0 Å². The Kier molecular flexibility index (Phi) is 5.62. The van der Waals surface area contributed by atoms with Crippen molar-refractivity contribution < 1.29 is 14.3 Å². The second kappa shape index (κ2) is 6.75. The molecular formula is C12H13BrClNO3. The van der Waals surface area contributed by atoms with Gasteiger partial charge in [0.25, 0.3) is 0 Å². The average Bonchev–Trinajstić information content (AvgIpc) is 2.26. The van der Waals surface area contributed by atoms with Crippen molar-refractivity contribution in [2.24, 2.45) is 0 Å². The SMILES string of the molecule is CC(=O)NC[C@@H](C)OC(=O)c1ccc(Br)cc1Cl. The van der Waals surface area contributed by atoms with Crippen molar-refractivity contribution >= 4 is 39.4 Å². The maximum atomic E-state index is 11.8. The topological polar surface area (TPSA) is 55.4 Å². The van der Waals surface area contributed by atoms with Gasteiger partial charge in [0.05, 0.1) is 17.1 Å². The van der Waals surface area contributed by atoms with Crippen LogP contribution in [0.4, 0.5) is 0 Å². The molecule has 1 N–H and O–H groups in total. The van der Waals surface area contributed by atoms with Crippen molar-refractivity contribution in [3.63, 3.8) is 0 Å². The number of carbonyl (C=O) groups is 2. The van der Waals surface area contributed by atoms with Gasteiger partial charge in [-0.2, -0.15) is 0 Å². The van der Waals surface area contributed by atoms with Crippen molar-refractivity contribution in [3.05, 3.63) is 33.3 Å². The number of halogens is 2. The van der Waals surface area contributed by atoms with E-state index in [1.165, 1.54) is 6.92 Å². The molecule has 0 aliphatic heterocycles. The third-order valence-corrected chi connectivity index (χ3v) is 2.90. The van der Waals surface area contributed by atoms with Gasteiger partial charge in [0.15, 0.2) is 0 Å². The number of carbonyl (C=O) groups excluding carboxylic acids is 2. The highest BCUT2D eigenvalue weighted by Gasteiger charge is 2.15. The predicted molar refractivity (Wildman–Crippen MR) is 72.7 cm³/mol. The highest BCUT2D eigenvalue weighted by atomic mass is 79.9. The Bertz CT molecular complexity index is 465. The Hall–Kier alpha value is -1.07. The highest BCUT2D eigenvalue weighted by molar-refractivity contribution is 9.10. The Balaban J connectivity index is 2.62. The lowest BCUT2D eigenvalue weighted by atomic mass is 10.2. The molecule has 1 atom stereocenters. The molecule has 6 heteroatoms. The first-order chi connectivity index (χ1) is 8.40. The fourth-order valence-electron chi connectivity index (χ4n) is 1.23. The molecular weight excluding hydrogens is 321 g/mol. The van der Waals surface area contributed by atoms with Crippen LogP contribution in [0.2, 0.25) is 5.02 Å². The molecule has 0 aromatic heterocycles. The van der Waals surface area contributed by atoms with Crippen LogP contribution in [0.25, 0.3) is 0 Å². The first-order valence-electron chi connectivity index (χ1n) is 5.30. The fraction of sp³-hybridized carbons (Fsp3) is 0.333. The number of esters is 1. The molecule has 0 aliphatic rings. The minimum absolute atomic E-state index is 0.167. The molecule has 0 saturated heterocycles. The monoisotopic (exact) mass is 333 g/mol. The molecule has 0 fully saturated rings. The van der Waals surface area contributed by atoms with E-state index >= 15 is 0 Å². The van der Waals surface area contributed by atoms with Gasteiger partial charge < -0.3 is 10.1 Å². The standard InChI is InChI=1S/C12H13BrClNO3/c1-7(6-15-8(2)16)18-12(17)10-4-3-9(13)5-11(10)14/h3-5,7H,6H2,1-2H3,(H,15,16)/t7-/m1/s1. The largest absolute Gasteiger partial charge is 0.457 e. The van der Waals surface area contributed by atoms with Crippen LogP contribution < -0.4 is 5.32 Å². The lowest BCUT2D eigenvalue weighted by Crippen LogP contribution is -2.31. The quantitative estimate of drug-likeness (QED) is 0.862. The zero-order valence-electron chi connectivity index (χ0n) is 10.00. The summed E-state index contributed by atoms with van der Waals surface area (Å²) in [5.74, 6) is -0.676. The third kappa shape index (κ3) is 4.66. The molecule has 1 aromatic carbocycles. The summed E-state index contributed by atoms with van der Waals surface area (Å²) in [7, 11) is 0. The van der Waals surface area contributed by atoms with Crippen LogP contribution in [0, 0.1) is 0 Å². The Morgan fingerprint density at radius 3 is 2.72 bits per heavy atom. The van der Waals surface area contributed by atoms with Gasteiger partial charge in [0.2, 0.25) is 5.91 Å². The highest BCUT2D eigenvalue weighted by Crippen LogP contribution is 2.22. The van der Waals surface area contributed by atoms with E-state index in [1.807, 2.05) is 0 Å². The molecule has 4 nitrogen and oxygen atoms in total. The predicted octanol–water partition coefficient (Wildman–Crippen LogP) is 2.78. The van der Waals surface area contributed by atoms with Crippen molar-refractivity contribution in [1.29, 1.82) is 0 Å². The van der Waals surface area contributed by atoms with Gasteiger partial charge in [0.1, 0.15) is 6.10 Å². The lowest BCUT2D eigenvalue weighted by molar-refractivity contribution is -0.119. The van der Waals surface area contributed by atoms with E-state index in [9.17, 15) is 9.59 Å². The average molecular weight is 335 g/mol. The second-order valence-electron chi connectivity index (χ2n) is 3.78. The maximum absolute atomic E-state index is 11.8.